The molecule has 2 aromatic carbocycles. The van der Waals surface area contributed by atoms with Crippen molar-refractivity contribution in [3.8, 4) is 0 Å². The first-order valence-corrected chi connectivity index (χ1v) is 12.2. The van der Waals surface area contributed by atoms with E-state index in [4.69, 9.17) is 5.14 Å². The Labute approximate surface area is 193 Å². The normalized spacial score (nSPS) is 16.3. The largest absolute Gasteiger partial charge is 0.321 e. The Morgan fingerprint density at radius 1 is 1.09 bits per heavy atom. The van der Waals surface area contributed by atoms with E-state index < -0.39 is 39.6 Å². The molecule has 2 heterocycles. The molecule has 0 aliphatic carbocycles. The van der Waals surface area contributed by atoms with Gasteiger partial charge in [0, 0.05) is 6.54 Å². The van der Waals surface area contributed by atoms with Crippen LogP contribution in [0.3, 0.4) is 0 Å². The Morgan fingerprint density at radius 3 is 2.33 bits per heavy atom. The van der Waals surface area contributed by atoms with Crippen LogP contribution in [0.2, 0.25) is 0 Å². The van der Waals surface area contributed by atoms with Crippen LogP contribution in [-0.4, -0.2) is 37.1 Å². The van der Waals surface area contributed by atoms with Gasteiger partial charge in [0.2, 0.25) is 15.9 Å². The van der Waals surface area contributed by atoms with Crippen molar-refractivity contribution in [2.24, 2.45) is 5.14 Å². The van der Waals surface area contributed by atoms with Crippen molar-refractivity contribution in [3.05, 3.63) is 82.3 Å². The molecule has 1 unspecified atom stereocenters. The second-order valence-electron chi connectivity index (χ2n) is 7.36. The van der Waals surface area contributed by atoms with Gasteiger partial charge in [-0.2, -0.15) is 0 Å². The van der Waals surface area contributed by atoms with Crippen molar-refractivity contribution >= 4 is 44.8 Å². The summed E-state index contributed by atoms with van der Waals surface area (Å²) in [5.41, 5.74) is 0.766. The number of nitrogens with two attached hydrogens (primary N) is 1. The number of sulfonamides is 1. The number of carbonyl (C=O) groups is 3. The molecule has 0 bridgehead atoms. The lowest BCUT2D eigenvalue weighted by atomic mass is 10.1. The second kappa shape index (κ2) is 8.85. The van der Waals surface area contributed by atoms with Crippen LogP contribution in [0.1, 0.15) is 21.7 Å². The minimum atomic E-state index is -3.94. The van der Waals surface area contributed by atoms with E-state index in [1.165, 1.54) is 64.8 Å². The quantitative estimate of drug-likeness (QED) is 0.536. The molecule has 1 aliphatic heterocycles. The van der Waals surface area contributed by atoms with Crippen molar-refractivity contribution in [1.29, 1.82) is 0 Å². The molecular weight excluding hydrogens is 469 g/mol. The summed E-state index contributed by atoms with van der Waals surface area (Å²) in [6, 6.07) is 12.8. The lowest BCUT2D eigenvalue weighted by Crippen LogP contribution is -2.44. The molecule has 1 aromatic heterocycles. The van der Waals surface area contributed by atoms with E-state index in [-0.39, 0.29) is 23.5 Å². The molecule has 3 amide bonds. The molecule has 2 N–H and O–H groups in total. The molecule has 3 aromatic rings. The maximum absolute atomic E-state index is 13.3. The van der Waals surface area contributed by atoms with E-state index in [0.29, 0.717) is 10.4 Å². The number of amides is 3. The van der Waals surface area contributed by atoms with Gasteiger partial charge in [-0.25, -0.2) is 22.8 Å². The van der Waals surface area contributed by atoms with Crippen molar-refractivity contribution in [3.63, 3.8) is 0 Å². The maximum Gasteiger partial charge on any atom is 0.264 e. The van der Waals surface area contributed by atoms with E-state index in [0.717, 1.165) is 4.90 Å². The molecule has 0 saturated carbocycles. The van der Waals surface area contributed by atoms with Crippen molar-refractivity contribution in [1.82, 2.24) is 4.90 Å². The SMILES string of the molecule is NS(=O)(=O)c1ccc(N2C(=O)CC(N(Cc3ccc(F)cc3)C(=O)c3cccs3)C2=O)cc1. The summed E-state index contributed by atoms with van der Waals surface area (Å²) in [4.78, 5) is 41.7. The molecule has 1 aliphatic rings. The van der Waals surface area contributed by atoms with Gasteiger partial charge >= 0.3 is 0 Å². The van der Waals surface area contributed by atoms with Crippen LogP contribution in [0.4, 0.5) is 10.1 Å². The number of imide groups is 1. The lowest BCUT2D eigenvalue weighted by molar-refractivity contribution is -0.122. The number of hydrogen-bond acceptors (Lipinski definition) is 6. The third-order valence-corrected chi connectivity index (χ3v) is 6.97. The third-order valence-electron chi connectivity index (χ3n) is 5.18. The molecule has 1 atom stereocenters. The minimum absolute atomic E-state index is 0.00110. The predicted molar refractivity (Wildman–Crippen MR) is 119 cm³/mol. The fourth-order valence-corrected chi connectivity index (χ4v) is 4.76. The van der Waals surface area contributed by atoms with E-state index in [2.05, 4.69) is 0 Å². The van der Waals surface area contributed by atoms with Crippen LogP contribution in [0.25, 0.3) is 0 Å². The predicted octanol–water partition coefficient (Wildman–Crippen LogP) is 2.51. The lowest BCUT2D eigenvalue weighted by Gasteiger charge is -2.27. The topological polar surface area (TPSA) is 118 Å². The summed E-state index contributed by atoms with van der Waals surface area (Å²) >= 11 is 1.20. The summed E-state index contributed by atoms with van der Waals surface area (Å²) in [7, 11) is -3.94. The smallest absolute Gasteiger partial charge is 0.264 e. The Morgan fingerprint density at radius 2 is 1.76 bits per heavy atom. The standard InChI is InChI=1S/C22H18FN3O5S2/c23-15-5-3-14(4-6-15)13-25(22(29)19-2-1-11-32-19)18-12-20(27)26(21(18)28)16-7-9-17(10-8-16)33(24,30)31/h1-11,18H,12-13H2,(H2,24,30,31). The molecular formula is C22H18FN3O5S2. The molecule has 4 rings (SSSR count). The maximum atomic E-state index is 13.3. The second-order valence-corrected chi connectivity index (χ2v) is 9.87. The highest BCUT2D eigenvalue weighted by atomic mass is 32.2. The molecule has 8 nitrogen and oxygen atoms in total. The molecule has 0 spiro atoms. The summed E-state index contributed by atoms with van der Waals surface area (Å²) in [5, 5.41) is 6.82. The Balaban J connectivity index is 1.65. The number of carbonyl (C=O) groups excluding carboxylic acids is 3. The van der Waals surface area contributed by atoms with Gasteiger partial charge < -0.3 is 4.90 Å². The van der Waals surface area contributed by atoms with Crippen molar-refractivity contribution in [2.75, 3.05) is 4.90 Å². The highest BCUT2D eigenvalue weighted by Gasteiger charge is 2.44. The summed E-state index contributed by atoms with van der Waals surface area (Å²) < 4.78 is 36.3. The molecule has 11 heteroatoms. The van der Waals surface area contributed by atoms with Crippen LogP contribution in [-0.2, 0) is 26.2 Å². The average molecular weight is 488 g/mol. The first-order valence-electron chi connectivity index (χ1n) is 9.74. The van der Waals surface area contributed by atoms with E-state index in [1.807, 2.05) is 0 Å². The van der Waals surface area contributed by atoms with Crippen LogP contribution in [0, 0.1) is 5.82 Å². The summed E-state index contributed by atoms with van der Waals surface area (Å²) in [5.74, 6) is -2.00. The molecule has 1 saturated heterocycles. The number of nitrogens with zero attached hydrogens (tertiary/aromatic N) is 2. The Bertz CT molecular complexity index is 1310. The Kier molecular flexibility index (Phi) is 6.11. The fraction of sp³-hybridized carbons (Fsp3) is 0.136. The minimum Gasteiger partial charge on any atom is -0.321 e. The van der Waals surface area contributed by atoms with Gasteiger partial charge in [0.05, 0.1) is 21.9 Å². The summed E-state index contributed by atoms with van der Waals surface area (Å²) in [6.07, 6.45) is -0.242. The third kappa shape index (κ3) is 4.70. The number of benzene rings is 2. The van der Waals surface area contributed by atoms with Crippen molar-refractivity contribution in [2.45, 2.75) is 23.9 Å². The highest BCUT2D eigenvalue weighted by molar-refractivity contribution is 7.89. The van der Waals surface area contributed by atoms with E-state index >= 15 is 0 Å². The summed E-state index contributed by atoms with van der Waals surface area (Å²) in [6.45, 7) is -0.00110. The molecule has 0 radical (unpaired) electrons. The number of thiophene rings is 1. The van der Waals surface area contributed by atoms with Crippen molar-refractivity contribution < 1.29 is 27.2 Å². The number of hydrogen-bond donors (Lipinski definition) is 1. The van der Waals surface area contributed by atoms with Gasteiger partial charge in [-0.05, 0) is 53.4 Å². The molecule has 33 heavy (non-hydrogen) atoms. The van der Waals surface area contributed by atoms with Crippen LogP contribution >= 0.6 is 11.3 Å². The van der Waals surface area contributed by atoms with Crippen LogP contribution in [0.15, 0.2) is 70.9 Å². The van der Waals surface area contributed by atoms with Gasteiger partial charge in [-0.1, -0.05) is 18.2 Å². The van der Waals surface area contributed by atoms with Gasteiger partial charge in [0.15, 0.2) is 0 Å². The Hall–Kier alpha value is -3.41. The zero-order valence-electron chi connectivity index (χ0n) is 17.0. The number of halogens is 1. The number of anilines is 1. The molecule has 1 fully saturated rings. The van der Waals surface area contributed by atoms with Gasteiger partial charge in [0.1, 0.15) is 11.9 Å². The molecule has 170 valence electrons. The monoisotopic (exact) mass is 487 g/mol. The van der Waals surface area contributed by atoms with E-state index in [1.54, 1.807) is 17.5 Å². The fourth-order valence-electron chi connectivity index (χ4n) is 3.57. The zero-order chi connectivity index (χ0) is 23.8. The van der Waals surface area contributed by atoms with Crippen LogP contribution < -0.4 is 10.0 Å². The van der Waals surface area contributed by atoms with E-state index in [9.17, 15) is 27.2 Å². The zero-order valence-corrected chi connectivity index (χ0v) is 18.7. The van der Waals surface area contributed by atoms with Gasteiger partial charge in [-0.3, -0.25) is 14.4 Å². The number of rotatable bonds is 6. The van der Waals surface area contributed by atoms with Gasteiger partial charge in [0.25, 0.3) is 11.8 Å². The average Bonchev–Trinajstić information content (AvgIpc) is 3.41. The highest BCUT2D eigenvalue weighted by Crippen LogP contribution is 2.29. The van der Waals surface area contributed by atoms with Crippen LogP contribution in [0.5, 0.6) is 0 Å². The first-order chi connectivity index (χ1) is 15.6. The van der Waals surface area contributed by atoms with Gasteiger partial charge in [-0.15, -0.1) is 11.3 Å². The number of primary sulfonamides is 1. The first kappa shape index (κ1) is 22.8.